The molecule has 1 N–H and O–H groups in total. The molecule has 0 bridgehead atoms. The van der Waals surface area contributed by atoms with Crippen molar-refractivity contribution in [2.75, 3.05) is 45.2 Å². The number of aryl methyl sites for hydroxylation is 1. The summed E-state index contributed by atoms with van der Waals surface area (Å²) in [5, 5.41) is 3.50. The van der Waals surface area contributed by atoms with Crippen molar-refractivity contribution < 1.29 is 9.53 Å². The molecule has 1 fully saturated rings. The van der Waals surface area contributed by atoms with Gasteiger partial charge in [-0.05, 0) is 49.5 Å². The highest BCUT2D eigenvalue weighted by atomic mass is 35.5. The number of piperazine rings is 1. The van der Waals surface area contributed by atoms with Gasteiger partial charge in [0, 0.05) is 43.9 Å². The lowest BCUT2D eigenvalue weighted by molar-refractivity contribution is -0.118. The van der Waals surface area contributed by atoms with Crippen LogP contribution in [0.15, 0.2) is 42.5 Å². The lowest BCUT2D eigenvalue weighted by Crippen LogP contribution is -2.44. The Bertz CT molecular complexity index is 1030. The molecule has 1 aromatic heterocycles. The molecule has 0 saturated carbocycles. The first-order valence-corrected chi connectivity index (χ1v) is 10.4. The third kappa shape index (κ3) is 4.92. The maximum absolute atomic E-state index is 12.3. The Morgan fingerprint density at radius 1 is 1.10 bits per heavy atom. The minimum Gasteiger partial charge on any atom is -0.484 e. The van der Waals surface area contributed by atoms with E-state index in [0.717, 1.165) is 49.6 Å². The quantitative estimate of drug-likeness (QED) is 0.655. The van der Waals surface area contributed by atoms with Crippen molar-refractivity contribution in [2.24, 2.45) is 7.05 Å². The van der Waals surface area contributed by atoms with Crippen LogP contribution in [-0.4, -0.2) is 65.1 Å². The molecule has 1 saturated heterocycles. The number of likely N-dealkylation sites (N-methyl/N-ethyl adjacent to an activating group) is 1. The zero-order valence-electron chi connectivity index (χ0n) is 17.3. The highest BCUT2D eigenvalue weighted by molar-refractivity contribution is 6.30. The van der Waals surface area contributed by atoms with E-state index in [9.17, 15) is 4.79 Å². The molecule has 0 radical (unpaired) electrons. The summed E-state index contributed by atoms with van der Waals surface area (Å²) in [7, 11) is 4.20. The van der Waals surface area contributed by atoms with E-state index in [0.29, 0.717) is 16.5 Å². The van der Waals surface area contributed by atoms with Crippen LogP contribution in [0.4, 0.5) is 5.69 Å². The van der Waals surface area contributed by atoms with Crippen LogP contribution in [0.25, 0.3) is 11.0 Å². The molecule has 30 heavy (non-hydrogen) atoms. The summed E-state index contributed by atoms with van der Waals surface area (Å²) in [5.74, 6) is 1.41. The second-order valence-corrected chi connectivity index (χ2v) is 8.10. The van der Waals surface area contributed by atoms with Crippen molar-refractivity contribution in [3.63, 3.8) is 0 Å². The highest BCUT2D eigenvalue weighted by Gasteiger charge is 2.17. The van der Waals surface area contributed by atoms with Gasteiger partial charge < -0.3 is 19.5 Å². The van der Waals surface area contributed by atoms with E-state index in [1.165, 1.54) is 0 Å². The predicted molar refractivity (Wildman–Crippen MR) is 119 cm³/mol. The van der Waals surface area contributed by atoms with Gasteiger partial charge in [-0.1, -0.05) is 11.6 Å². The zero-order valence-corrected chi connectivity index (χ0v) is 18.0. The van der Waals surface area contributed by atoms with Crippen LogP contribution in [0.1, 0.15) is 5.82 Å². The number of imidazole rings is 1. The van der Waals surface area contributed by atoms with Gasteiger partial charge in [0.2, 0.25) is 0 Å². The van der Waals surface area contributed by atoms with E-state index in [1.54, 1.807) is 24.3 Å². The largest absolute Gasteiger partial charge is 0.484 e. The number of amides is 1. The van der Waals surface area contributed by atoms with Crippen LogP contribution in [0.5, 0.6) is 5.75 Å². The summed E-state index contributed by atoms with van der Waals surface area (Å²) >= 11 is 5.86. The van der Waals surface area contributed by atoms with Gasteiger partial charge in [-0.3, -0.25) is 9.69 Å². The van der Waals surface area contributed by atoms with E-state index in [2.05, 4.69) is 26.7 Å². The number of halogens is 1. The van der Waals surface area contributed by atoms with E-state index in [-0.39, 0.29) is 12.5 Å². The Morgan fingerprint density at radius 3 is 2.57 bits per heavy atom. The second kappa shape index (κ2) is 9.04. The molecule has 1 aliphatic heterocycles. The van der Waals surface area contributed by atoms with E-state index in [1.807, 2.05) is 25.2 Å². The third-order valence-electron chi connectivity index (χ3n) is 5.40. The van der Waals surface area contributed by atoms with Crippen molar-refractivity contribution in [1.29, 1.82) is 0 Å². The molecular formula is C22H26ClN5O2. The zero-order chi connectivity index (χ0) is 21.1. The molecule has 158 valence electrons. The number of nitrogens with one attached hydrogen (secondary N) is 1. The fourth-order valence-electron chi connectivity index (χ4n) is 3.55. The molecule has 1 aliphatic rings. The molecule has 4 rings (SSSR count). The van der Waals surface area contributed by atoms with Gasteiger partial charge in [-0.25, -0.2) is 4.98 Å². The first kappa shape index (κ1) is 20.7. The van der Waals surface area contributed by atoms with Crippen LogP contribution in [0.2, 0.25) is 5.02 Å². The van der Waals surface area contributed by atoms with Crippen LogP contribution >= 0.6 is 11.6 Å². The van der Waals surface area contributed by atoms with Crippen molar-refractivity contribution >= 4 is 34.2 Å². The predicted octanol–water partition coefficient (Wildman–Crippen LogP) is 2.99. The van der Waals surface area contributed by atoms with Crippen molar-refractivity contribution in [2.45, 2.75) is 6.54 Å². The van der Waals surface area contributed by atoms with Crippen LogP contribution < -0.4 is 10.1 Å². The number of hydrogen-bond donors (Lipinski definition) is 1. The second-order valence-electron chi connectivity index (χ2n) is 7.66. The average Bonchev–Trinajstić information content (AvgIpc) is 3.04. The highest BCUT2D eigenvalue weighted by Crippen LogP contribution is 2.21. The fourth-order valence-corrected chi connectivity index (χ4v) is 3.68. The first-order valence-electron chi connectivity index (χ1n) is 10.0. The minimum absolute atomic E-state index is 0.0729. The third-order valence-corrected chi connectivity index (χ3v) is 5.65. The Hall–Kier alpha value is -2.61. The van der Waals surface area contributed by atoms with Crippen molar-refractivity contribution in [3.8, 4) is 5.75 Å². The number of benzene rings is 2. The first-order chi connectivity index (χ1) is 14.5. The van der Waals surface area contributed by atoms with Gasteiger partial charge in [0.05, 0.1) is 17.6 Å². The molecule has 7 nitrogen and oxygen atoms in total. The number of nitrogens with zero attached hydrogens (tertiary/aromatic N) is 4. The minimum atomic E-state index is -0.224. The number of ether oxygens (including phenoxy) is 1. The van der Waals surface area contributed by atoms with Gasteiger partial charge in [0.15, 0.2) is 6.61 Å². The molecular weight excluding hydrogens is 402 g/mol. The maximum Gasteiger partial charge on any atom is 0.262 e. The number of carbonyl (C=O) groups is 1. The van der Waals surface area contributed by atoms with Crippen LogP contribution in [-0.2, 0) is 18.4 Å². The SMILES string of the molecule is CN1CCN(Cc2nc3cc(NC(=O)COc4ccc(Cl)cc4)ccc3n2C)CC1. The Morgan fingerprint density at radius 2 is 1.83 bits per heavy atom. The summed E-state index contributed by atoms with van der Waals surface area (Å²) in [6.07, 6.45) is 0. The van der Waals surface area contributed by atoms with Gasteiger partial charge in [0.25, 0.3) is 5.91 Å². The maximum atomic E-state index is 12.3. The molecule has 0 spiro atoms. The van der Waals surface area contributed by atoms with Crippen LogP contribution in [0.3, 0.4) is 0 Å². The Kier molecular flexibility index (Phi) is 6.22. The summed E-state index contributed by atoms with van der Waals surface area (Å²) in [5.41, 5.74) is 2.63. The van der Waals surface area contributed by atoms with Gasteiger partial charge >= 0.3 is 0 Å². The number of anilines is 1. The topological polar surface area (TPSA) is 62.6 Å². The van der Waals surface area contributed by atoms with E-state index in [4.69, 9.17) is 21.3 Å². The van der Waals surface area contributed by atoms with E-state index >= 15 is 0 Å². The summed E-state index contributed by atoms with van der Waals surface area (Å²) in [6.45, 7) is 5.02. The standard InChI is InChI=1S/C22H26ClN5O2/c1-26-9-11-28(12-10-26)14-21-25-19-13-17(5-8-20(19)27(21)2)24-22(29)15-30-18-6-3-16(23)4-7-18/h3-8,13H,9-12,14-15H2,1-2H3,(H,24,29). The van der Waals surface area contributed by atoms with Gasteiger partial charge in [-0.15, -0.1) is 0 Å². The summed E-state index contributed by atoms with van der Waals surface area (Å²) < 4.78 is 7.63. The normalized spacial score (nSPS) is 15.4. The molecule has 0 atom stereocenters. The van der Waals surface area contributed by atoms with Gasteiger partial charge in [0.1, 0.15) is 11.6 Å². The molecule has 2 aromatic carbocycles. The smallest absolute Gasteiger partial charge is 0.262 e. The number of hydrogen-bond acceptors (Lipinski definition) is 5. The number of carbonyl (C=O) groups excluding carboxylic acids is 1. The molecule has 8 heteroatoms. The molecule has 1 amide bonds. The molecule has 2 heterocycles. The Labute approximate surface area is 181 Å². The van der Waals surface area contributed by atoms with Crippen molar-refractivity contribution in [1.82, 2.24) is 19.4 Å². The molecule has 3 aromatic rings. The number of rotatable bonds is 6. The van der Waals surface area contributed by atoms with Crippen molar-refractivity contribution in [3.05, 3.63) is 53.3 Å². The number of fused-ring (bicyclic) bond motifs is 1. The Balaban J connectivity index is 1.39. The van der Waals surface area contributed by atoms with E-state index < -0.39 is 0 Å². The summed E-state index contributed by atoms with van der Waals surface area (Å²) in [6, 6.07) is 12.7. The summed E-state index contributed by atoms with van der Waals surface area (Å²) in [4.78, 5) is 21.8. The lowest BCUT2D eigenvalue weighted by atomic mass is 10.2. The van der Waals surface area contributed by atoms with Crippen LogP contribution in [0, 0.1) is 0 Å². The lowest BCUT2D eigenvalue weighted by Gasteiger charge is -2.31. The van der Waals surface area contributed by atoms with Gasteiger partial charge in [-0.2, -0.15) is 0 Å². The average molecular weight is 428 g/mol. The molecule has 0 unspecified atom stereocenters. The monoisotopic (exact) mass is 427 g/mol. The fraction of sp³-hybridized carbons (Fsp3) is 0.364. The molecule has 0 aliphatic carbocycles. The number of aromatic nitrogens is 2.